The number of rotatable bonds is 6. The smallest absolute Gasteiger partial charge is 0.255 e. The average molecular weight is 499 g/mol. The second-order valence-electron chi connectivity index (χ2n) is 8.96. The second kappa shape index (κ2) is 9.59. The van der Waals surface area contributed by atoms with E-state index < -0.39 is 27.3 Å². The molecule has 2 fully saturated rings. The van der Waals surface area contributed by atoms with Crippen molar-refractivity contribution in [3.05, 3.63) is 54.1 Å². The van der Waals surface area contributed by atoms with Crippen molar-refractivity contribution < 1.29 is 27.6 Å². The van der Waals surface area contributed by atoms with E-state index in [4.69, 9.17) is 5.14 Å². The quantitative estimate of drug-likeness (QED) is 0.519. The number of carbonyl (C=O) groups is 4. The molecule has 4 N–H and O–H groups in total. The Labute approximate surface area is 202 Å². The first-order chi connectivity index (χ1) is 16.6. The van der Waals surface area contributed by atoms with Crippen LogP contribution < -0.4 is 15.8 Å². The topological polar surface area (TPSA) is 156 Å². The molecule has 2 aliphatic rings. The highest BCUT2D eigenvalue weighted by Gasteiger charge is 2.51. The first-order valence-corrected chi connectivity index (χ1v) is 12.8. The molecule has 2 aromatic rings. The largest absolute Gasteiger partial charge is 0.325 e. The first kappa shape index (κ1) is 24.6. The van der Waals surface area contributed by atoms with Crippen molar-refractivity contribution in [1.82, 2.24) is 4.90 Å². The Morgan fingerprint density at radius 1 is 0.943 bits per heavy atom. The molecule has 1 aliphatic heterocycles. The average Bonchev–Trinajstić information content (AvgIpc) is 3.03. The van der Waals surface area contributed by atoms with Crippen LogP contribution in [0.1, 0.15) is 48.9 Å². The summed E-state index contributed by atoms with van der Waals surface area (Å²) in [6.45, 7) is -0.345. The van der Waals surface area contributed by atoms with Gasteiger partial charge in [-0.15, -0.1) is 0 Å². The van der Waals surface area contributed by atoms with Crippen LogP contribution in [0.5, 0.6) is 0 Å². The molecule has 0 radical (unpaired) electrons. The van der Waals surface area contributed by atoms with Gasteiger partial charge in [-0.3, -0.25) is 24.1 Å². The van der Waals surface area contributed by atoms with E-state index in [1.165, 1.54) is 48.5 Å². The van der Waals surface area contributed by atoms with Crippen molar-refractivity contribution in [1.29, 1.82) is 0 Å². The predicted molar refractivity (Wildman–Crippen MR) is 128 cm³/mol. The van der Waals surface area contributed by atoms with E-state index in [2.05, 4.69) is 10.6 Å². The van der Waals surface area contributed by atoms with Gasteiger partial charge in [0, 0.05) is 23.4 Å². The van der Waals surface area contributed by atoms with Crippen molar-refractivity contribution >= 4 is 45.0 Å². The molecular weight excluding hydrogens is 472 g/mol. The molecule has 0 unspecified atom stereocenters. The van der Waals surface area contributed by atoms with E-state index in [0.29, 0.717) is 18.5 Å². The summed E-state index contributed by atoms with van der Waals surface area (Å²) in [5.41, 5.74) is 0.287. The standard InChI is InChI=1S/C24H26N4O6S/c25-35(33,34)19-6-4-5-18(13-19)27-22(31)16-7-9-17(10-8-16)26-20(29)15-28-21(30)14-24(23(28)32)11-2-1-3-12-24/h4-10,13H,1-3,11-12,14-15H2,(H,26,29)(H,27,31)(H2,25,33,34). The van der Waals surface area contributed by atoms with Crippen LogP contribution in [0.2, 0.25) is 0 Å². The summed E-state index contributed by atoms with van der Waals surface area (Å²) < 4.78 is 23.0. The monoisotopic (exact) mass is 498 g/mol. The van der Waals surface area contributed by atoms with Gasteiger partial charge in [-0.05, 0) is 55.3 Å². The molecule has 1 aliphatic carbocycles. The summed E-state index contributed by atoms with van der Waals surface area (Å²) in [4.78, 5) is 51.2. The molecule has 1 heterocycles. The number of amides is 4. The molecule has 2 aromatic carbocycles. The van der Waals surface area contributed by atoms with Crippen LogP contribution in [0.15, 0.2) is 53.4 Å². The zero-order valence-corrected chi connectivity index (χ0v) is 19.8. The number of benzene rings is 2. The molecule has 184 valence electrons. The highest BCUT2D eigenvalue weighted by molar-refractivity contribution is 7.89. The molecule has 0 atom stereocenters. The van der Waals surface area contributed by atoms with Crippen LogP contribution in [0.4, 0.5) is 11.4 Å². The number of hydrogen-bond donors (Lipinski definition) is 3. The lowest BCUT2D eigenvalue weighted by Crippen LogP contribution is -2.41. The molecule has 11 heteroatoms. The van der Waals surface area contributed by atoms with E-state index in [9.17, 15) is 27.6 Å². The lowest BCUT2D eigenvalue weighted by molar-refractivity contribution is -0.144. The van der Waals surface area contributed by atoms with Gasteiger partial charge in [-0.25, -0.2) is 13.6 Å². The molecule has 0 aromatic heterocycles. The van der Waals surface area contributed by atoms with Gasteiger partial charge >= 0.3 is 0 Å². The fourth-order valence-electron chi connectivity index (χ4n) is 4.64. The van der Waals surface area contributed by atoms with Crippen molar-refractivity contribution in [3.8, 4) is 0 Å². The van der Waals surface area contributed by atoms with Crippen LogP contribution in [-0.4, -0.2) is 43.5 Å². The van der Waals surface area contributed by atoms with Crippen molar-refractivity contribution in [2.75, 3.05) is 17.2 Å². The Morgan fingerprint density at radius 2 is 1.63 bits per heavy atom. The number of nitrogens with two attached hydrogens (primary N) is 1. The number of nitrogens with one attached hydrogen (secondary N) is 2. The number of imide groups is 1. The highest BCUT2D eigenvalue weighted by Crippen LogP contribution is 2.45. The normalized spacial score (nSPS) is 17.5. The van der Waals surface area contributed by atoms with E-state index in [-0.39, 0.29) is 40.9 Å². The maximum absolute atomic E-state index is 12.9. The number of sulfonamides is 1. The van der Waals surface area contributed by atoms with Crippen molar-refractivity contribution in [3.63, 3.8) is 0 Å². The maximum atomic E-state index is 12.9. The Morgan fingerprint density at radius 3 is 2.29 bits per heavy atom. The molecule has 1 saturated heterocycles. The van der Waals surface area contributed by atoms with Gasteiger partial charge in [0.2, 0.25) is 27.7 Å². The highest BCUT2D eigenvalue weighted by atomic mass is 32.2. The second-order valence-corrected chi connectivity index (χ2v) is 10.5. The molecular formula is C24H26N4O6S. The van der Waals surface area contributed by atoms with Crippen LogP contribution in [-0.2, 0) is 24.4 Å². The number of anilines is 2. The lowest BCUT2D eigenvalue weighted by Gasteiger charge is -2.30. The number of carbonyl (C=O) groups excluding carboxylic acids is 4. The molecule has 0 bridgehead atoms. The predicted octanol–water partition coefficient (Wildman–Crippen LogP) is 2.23. The lowest BCUT2D eigenvalue weighted by atomic mass is 9.73. The van der Waals surface area contributed by atoms with Crippen LogP contribution in [0, 0.1) is 5.41 Å². The fraction of sp³-hybridized carbons (Fsp3) is 0.333. The number of likely N-dealkylation sites (tertiary alicyclic amines) is 1. The Hall–Kier alpha value is -3.57. The summed E-state index contributed by atoms with van der Waals surface area (Å²) in [5, 5.41) is 10.3. The van der Waals surface area contributed by atoms with Crippen LogP contribution in [0.3, 0.4) is 0 Å². The van der Waals surface area contributed by atoms with Gasteiger partial charge in [0.25, 0.3) is 5.91 Å². The number of primary sulfonamides is 1. The summed E-state index contributed by atoms with van der Waals surface area (Å²) in [5.74, 6) is -1.56. The third-order valence-electron chi connectivity index (χ3n) is 6.45. The van der Waals surface area contributed by atoms with Gasteiger partial charge in [0.15, 0.2) is 0 Å². The molecule has 1 saturated carbocycles. The summed E-state index contributed by atoms with van der Waals surface area (Å²) in [6.07, 6.45) is 4.42. The first-order valence-electron chi connectivity index (χ1n) is 11.3. The van der Waals surface area contributed by atoms with Gasteiger partial charge in [-0.2, -0.15) is 0 Å². The molecule has 1 spiro atoms. The fourth-order valence-corrected chi connectivity index (χ4v) is 5.20. The van der Waals surface area contributed by atoms with E-state index in [1.807, 2.05) is 0 Å². The summed E-state index contributed by atoms with van der Waals surface area (Å²) in [7, 11) is -3.90. The van der Waals surface area contributed by atoms with E-state index in [0.717, 1.165) is 24.2 Å². The Balaban J connectivity index is 1.35. The van der Waals surface area contributed by atoms with Gasteiger partial charge in [0.05, 0.1) is 10.3 Å². The van der Waals surface area contributed by atoms with E-state index in [1.54, 1.807) is 0 Å². The zero-order valence-electron chi connectivity index (χ0n) is 19.0. The minimum atomic E-state index is -3.90. The van der Waals surface area contributed by atoms with E-state index >= 15 is 0 Å². The minimum Gasteiger partial charge on any atom is -0.325 e. The van der Waals surface area contributed by atoms with Crippen LogP contribution >= 0.6 is 0 Å². The number of nitrogens with zero attached hydrogens (tertiary/aromatic N) is 1. The van der Waals surface area contributed by atoms with Gasteiger partial charge < -0.3 is 10.6 Å². The van der Waals surface area contributed by atoms with Crippen LogP contribution in [0.25, 0.3) is 0 Å². The Bertz CT molecular complexity index is 1280. The molecule has 35 heavy (non-hydrogen) atoms. The molecule has 4 rings (SSSR count). The zero-order chi connectivity index (χ0) is 25.2. The summed E-state index contributed by atoms with van der Waals surface area (Å²) in [6, 6.07) is 11.6. The van der Waals surface area contributed by atoms with Gasteiger partial charge in [-0.1, -0.05) is 25.3 Å². The summed E-state index contributed by atoms with van der Waals surface area (Å²) >= 11 is 0. The van der Waals surface area contributed by atoms with Gasteiger partial charge in [0.1, 0.15) is 6.54 Å². The third kappa shape index (κ3) is 5.41. The van der Waals surface area contributed by atoms with Crippen molar-refractivity contribution in [2.24, 2.45) is 10.6 Å². The minimum absolute atomic E-state index is 0.127. The molecule has 4 amide bonds. The van der Waals surface area contributed by atoms with Crippen molar-refractivity contribution in [2.45, 2.75) is 43.4 Å². The number of hydrogen-bond acceptors (Lipinski definition) is 6. The maximum Gasteiger partial charge on any atom is 0.255 e. The SMILES string of the molecule is NS(=O)(=O)c1cccc(NC(=O)c2ccc(NC(=O)CN3C(=O)CC4(CCCCC4)C3=O)cc2)c1. The Kier molecular flexibility index (Phi) is 6.73. The molecule has 10 nitrogen and oxygen atoms in total. The third-order valence-corrected chi connectivity index (χ3v) is 7.36.